The van der Waals surface area contributed by atoms with Crippen LogP contribution in [-0.2, 0) is 0 Å². The van der Waals surface area contributed by atoms with E-state index in [1.165, 1.54) is 11.3 Å². The fourth-order valence-corrected chi connectivity index (χ4v) is 1.73. The van der Waals surface area contributed by atoms with Crippen LogP contribution < -0.4 is 0 Å². The maximum atomic E-state index is 10.3. The Hall–Kier alpha value is -0.410. The fourth-order valence-electron chi connectivity index (χ4n) is 0.649. The summed E-state index contributed by atoms with van der Waals surface area (Å²) in [6.07, 6.45) is 0.742. The Labute approximate surface area is 74.2 Å². The van der Waals surface area contributed by atoms with Crippen LogP contribution >= 0.6 is 22.9 Å². The lowest BCUT2D eigenvalue weighted by Gasteiger charge is -1.94. The molecule has 1 heterocycles. The zero-order valence-corrected chi connectivity index (χ0v) is 7.87. The second kappa shape index (κ2) is 3.32. The minimum atomic E-state index is 0.328. The van der Waals surface area contributed by atoms with Gasteiger partial charge in [-0.25, -0.2) is 4.98 Å². The highest BCUT2D eigenvalue weighted by atomic mass is 35.5. The van der Waals surface area contributed by atoms with E-state index in [0.29, 0.717) is 15.9 Å². The predicted molar refractivity (Wildman–Crippen MR) is 46.6 cm³/mol. The second-order valence-electron chi connectivity index (χ2n) is 2.48. The highest BCUT2D eigenvalue weighted by Gasteiger charge is 2.10. The highest BCUT2D eigenvalue weighted by Crippen LogP contribution is 2.26. The minimum absolute atomic E-state index is 0.328. The molecule has 0 aliphatic rings. The van der Waals surface area contributed by atoms with Crippen molar-refractivity contribution in [2.75, 3.05) is 0 Å². The monoisotopic (exact) mass is 189 g/mol. The van der Waals surface area contributed by atoms with Crippen molar-refractivity contribution in [2.45, 2.75) is 19.8 Å². The number of thiazole rings is 1. The zero-order valence-electron chi connectivity index (χ0n) is 6.30. The first-order valence-electron chi connectivity index (χ1n) is 3.26. The second-order valence-corrected chi connectivity index (χ2v) is 3.90. The maximum absolute atomic E-state index is 10.3. The molecule has 0 unspecified atom stereocenters. The molecule has 2 nitrogen and oxygen atoms in total. The SMILES string of the molecule is CC(C)c1nc(Cl)c(C=O)s1. The molecule has 60 valence electrons. The lowest BCUT2D eigenvalue weighted by molar-refractivity contribution is 0.112. The Morgan fingerprint density at radius 1 is 1.64 bits per heavy atom. The van der Waals surface area contributed by atoms with Gasteiger partial charge in [0, 0.05) is 5.92 Å². The number of aldehydes is 1. The average Bonchev–Trinajstić information content (AvgIpc) is 2.31. The Kier molecular flexibility index (Phi) is 2.62. The molecule has 0 saturated heterocycles. The molecule has 0 fully saturated rings. The number of hydrogen-bond acceptors (Lipinski definition) is 3. The molecule has 0 amide bonds. The molecule has 4 heteroatoms. The smallest absolute Gasteiger partial charge is 0.163 e. The quantitative estimate of drug-likeness (QED) is 0.670. The van der Waals surface area contributed by atoms with Crippen molar-refractivity contribution in [2.24, 2.45) is 0 Å². The van der Waals surface area contributed by atoms with Crippen LogP contribution in [0.15, 0.2) is 0 Å². The molecule has 0 spiro atoms. The average molecular weight is 190 g/mol. The molecule has 0 aliphatic heterocycles. The van der Waals surface area contributed by atoms with E-state index in [1.54, 1.807) is 0 Å². The van der Waals surface area contributed by atoms with Gasteiger partial charge in [0.2, 0.25) is 0 Å². The first kappa shape index (κ1) is 8.68. The van der Waals surface area contributed by atoms with E-state index in [-0.39, 0.29) is 0 Å². The molecule has 1 rings (SSSR count). The summed E-state index contributed by atoms with van der Waals surface area (Å²) in [4.78, 5) is 14.9. The van der Waals surface area contributed by atoms with Crippen LogP contribution in [-0.4, -0.2) is 11.3 Å². The van der Waals surface area contributed by atoms with Crippen LogP contribution in [0.4, 0.5) is 0 Å². The van der Waals surface area contributed by atoms with Crippen molar-refractivity contribution in [1.29, 1.82) is 0 Å². The predicted octanol–water partition coefficient (Wildman–Crippen LogP) is 2.73. The van der Waals surface area contributed by atoms with Gasteiger partial charge in [-0.2, -0.15) is 0 Å². The third kappa shape index (κ3) is 1.79. The minimum Gasteiger partial charge on any atom is -0.297 e. The van der Waals surface area contributed by atoms with E-state index in [9.17, 15) is 4.79 Å². The van der Waals surface area contributed by atoms with Crippen LogP contribution in [0.5, 0.6) is 0 Å². The summed E-state index contributed by atoms with van der Waals surface area (Å²) in [6.45, 7) is 4.04. The molecular formula is C7H8ClNOS. The first-order chi connectivity index (χ1) is 5.15. The van der Waals surface area contributed by atoms with E-state index in [1.807, 2.05) is 13.8 Å². The molecule has 0 aromatic carbocycles. The third-order valence-electron chi connectivity index (χ3n) is 1.23. The Morgan fingerprint density at radius 3 is 2.55 bits per heavy atom. The lowest BCUT2D eigenvalue weighted by Crippen LogP contribution is -1.82. The zero-order chi connectivity index (χ0) is 8.43. The largest absolute Gasteiger partial charge is 0.297 e. The maximum Gasteiger partial charge on any atom is 0.163 e. The van der Waals surface area contributed by atoms with E-state index in [0.717, 1.165) is 11.3 Å². The van der Waals surface area contributed by atoms with E-state index < -0.39 is 0 Å². The topological polar surface area (TPSA) is 30.0 Å². The summed E-state index contributed by atoms with van der Waals surface area (Å²) in [5.74, 6) is 0.339. The van der Waals surface area contributed by atoms with E-state index in [2.05, 4.69) is 4.98 Å². The number of carbonyl (C=O) groups excluding carboxylic acids is 1. The Morgan fingerprint density at radius 2 is 2.27 bits per heavy atom. The number of hydrogen-bond donors (Lipinski definition) is 0. The van der Waals surface area contributed by atoms with Crippen molar-refractivity contribution >= 4 is 29.2 Å². The Balaban J connectivity index is 3.04. The molecule has 1 aromatic heterocycles. The van der Waals surface area contributed by atoms with Crippen molar-refractivity contribution in [3.63, 3.8) is 0 Å². The third-order valence-corrected chi connectivity index (χ3v) is 2.91. The van der Waals surface area contributed by atoms with Gasteiger partial charge in [-0.1, -0.05) is 25.4 Å². The van der Waals surface area contributed by atoms with Crippen LogP contribution in [0.2, 0.25) is 5.15 Å². The molecule has 0 aliphatic carbocycles. The standard InChI is InChI=1S/C7H8ClNOS/c1-4(2)7-9-6(8)5(3-10)11-7/h3-4H,1-2H3. The summed E-state index contributed by atoms with van der Waals surface area (Å²) in [5, 5.41) is 1.24. The van der Waals surface area contributed by atoms with E-state index >= 15 is 0 Å². The summed E-state index contributed by atoms with van der Waals surface area (Å²) in [5.41, 5.74) is 0. The number of nitrogens with zero attached hydrogens (tertiary/aromatic N) is 1. The highest BCUT2D eigenvalue weighted by molar-refractivity contribution is 7.14. The van der Waals surface area contributed by atoms with Gasteiger partial charge in [-0.05, 0) is 0 Å². The molecular weight excluding hydrogens is 182 g/mol. The number of carbonyl (C=O) groups is 1. The lowest BCUT2D eigenvalue weighted by atomic mass is 10.2. The van der Waals surface area contributed by atoms with Gasteiger partial charge in [-0.15, -0.1) is 11.3 Å². The van der Waals surface area contributed by atoms with Gasteiger partial charge in [0.1, 0.15) is 4.88 Å². The van der Waals surface area contributed by atoms with Crippen LogP contribution in [0, 0.1) is 0 Å². The fraction of sp³-hybridized carbons (Fsp3) is 0.429. The van der Waals surface area contributed by atoms with Gasteiger partial charge < -0.3 is 0 Å². The summed E-state index contributed by atoms with van der Waals surface area (Å²) >= 11 is 7.01. The van der Waals surface area contributed by atoms with E-state index in [4.69, 9.17) is 11.6 Å². The van der Waals surface area contributed by atoms with Gasteiger partial charge in [0.15, 0.2) is 11.4 Å². The molecule has 0 radical (unpaired) electrons. The van der Waals surface area contributed by atoms with Crippen molar-refractivity contribution in [3.05, 3.63) is 15.0 Å². The Bertz CT molecular complexity index is 269. The molecule has 0 atom stereocenters. The summed E-state index contributed by atoms with van der Waals surface area (Å²) in [6, 6.07) is 0. The summed E-state index contributed by atoms with van der Waals surface area (Å²) in [7, 11) is 0. The number of halogens is 1. The van der Waals surface area contributed by atoms with Gasteiger partial charge in [0.25, 0.3) is 0 Å². The van der Waals surface area contributed by atoms with Crippen molar-refractivity contribution < 1.29 is 4.79 Å². The molecule has 0 N–H and O–H groups in total. The normalized spacial score (nSPS) is 10.5. The molecule has 0 bridgehead atoms. The molecule has 11 heavy (non-hydrogen) atoms. The van der Waals surface area contributed by atoms with Gasteiger partial charge in [-0.3, -0.25) is 4.79 Å². The number of rotatable bonds is 2. The van der Waals surface area contributed by atoms with Gasteiger partial charge in [0.05, 0.1) is 5.01 Å². The van der Waals surface area contributed by atoms with Crippen molar-refractivity contribution in [3.8, 4) is 0 Å². The van der Waals surface area contributed by atoms with Gasteiger partial charge >= 0.3 is 0 Å². The molecule has 1 aromatic rings. The molecule has 0 saturated carbocycles. The first-order valence-corrected chi connectivity index (χ1v) is 4.46. The number of aromatic nitrogens is 1. The van der Waals surface area contributed by atoms with Crippen LogP contribution in [0.3, 0.4) is 0 Å². The summed E-state index contributed by atoms with van der Waals surface area (Å²) < 4.78 is 0. The van der Waals surface area contributed by atoms with Crippen LogP contribution in [0.25, 0.3) is 0 Å². The van der Waals surface area contributed by atoms with Crippen molar-refractivity contribution in [1.82, 2.24) is 4.98 Å². The van der Waals surface area contributed by atoms with Crippen LogP contribution in [0.1, 0.15) is 34.4 Å².